The summed E-state index contributed by atoms with van der Waals surface area (Å²) in [5, 5.41) is 8.13. The van der Waals surface area contributed by atoms with Crippen molar-refractivity contribution in [3.05, 3.63) is 58.1 Å². The Bertz CT molecular complexity index is 709. The van der Waals surface area contributed by atoms with Gasteiger partial charge in [0.1, 0.15) is 5.84 Å². The molecule has 1 heterocycles. The number of fused-ring (bicyclic) bond motifs is 1. The van der Waals surface area contributed by atoms with Crippen LogP contribution < -0.4 is 10.6 Å². The molecule has 2 aromatic carbocycles. The summed E-state index contributed by atoms with van der Waals surface area (Å²) in [6.45, 7) is 3.07. The Morgan fingerprint density at radius 1 is 1.19 bits per heavy atom. The quantitative estimate of drug-likeness (QED) is 0.650. The van der Waals surface area contributed by atoms with E-state index in [4.69, 9.17) is 22.7 Å². The molecule has 0 saturated heterocycles. The molecule has 0 amide bonds. The third-order valence-electron chi connectivity index (χ3n) is 3.90. The van der Waals surface area contributed by atoms with Crippen molar-refractivity contribution in [2.24, 2.45) is 5.73 Å². The van der Waals surface area contributed by atoms with E-state index in [1.54, 1.807) is 6.07 Å². The molecular formula is C17H18ClN3. The highest BCUT2D eigenvalue weighted by Gasteiger charge is 2.20. The number of nitrogens with one attached hydrogen (secondary N) is 1. The largest absolute Gasteiger partial charge is 0.384 e. The molecule has 2 aromatic rings. The van der Waals surface area contributed by atoms with Crippen LogP contribution in [-0.2, 0) is 6.42 Å². The van der Waals surface area contributed by atoms with Crippen LogP contribution in [0.5, 0.6) is 0 Å². The average molecular weight is 300 g/mol. The fourth-order valence-corrected chi connectivity index (χ4v) is 3.15. The second kappa shape index (κ2) is 5.41. The van der Waals surface area contributed by atoms with Crippen LogP contribution in [0.25, 0.3) is 0 Å². The first-order valence-corrected chi connectivity index (χ1v) is 7.45. The van der Waals surface area contributed by atoms with E-state index in [0.717, 1.165) is 25.1 Å². The Labute approximate surface area is 129 Å². The van der Waals surface area contributed by atoms with E-state index in [-0.39, 0.29) is 5.84 Å². The van der Waals surface area contributed by atoms with Gasteiger partial charge in [-0.05, 0) is 49.6 Å². The standard InChI is InChI=1S/C17H18ClN3/c1-11-4-6-15-12(9-11)3-2-8-21(15)16-7-5-13(17(19)20)10-14(16)18/h4-7,9-10H,2-3,8H2,1H3,(H3,19,20). The topological polar surface area (TPSA) is 53.1 Å². The van der Waals surface area contributed by atoms with Crippen molar-refractivity contribution in [3.8, 4) is 0 Å². The zero-order valence-corrected chi connectivity index (χ0v) is 12.7. The summed E-state index contributed by atoms with van der Waals surface area (Å²) < 4.78 is 0. The minimum Gasteiger partial charge on any atom is -0.384 e. The number of nitrogen functional groups attached to an aromatic ring is 1. The molecule has 3 rings (SSSR count). The maximum Gasteiger partial charge on any atom is 0.122 e. The monoisotopic (exact) mass is 299 g/mol. The Kier molecular flexibility index (Phi) is 3.60. The van der Waals surface area contributed by atoms with Crippen molar-refractivity contribution in [3.63, 3.8) is 0 Å². The highest BCUT2D eigenvalue weighted by Crippen LogP contribution is 2.37. The molecule has 1 aliphatic heterocycles. The summed E-state index contributed by atoms with van der Waals surface area (Å²) in [6.07, 6.45) is 2.22. The number of hydrogen-bond acceptors (Lipinski definition) is 2. The second-order valence-electron chi connectivity index (χ2n) is 5.47. The van der Waals surface area contributed by atoms with E-state index in [1.807, 2.05) is 12.1 Å². The van der Waals surface area contributed by atoms with E-state index in [0.29, 0.717) is 10.6 Å². The third kappa shape index (κ3) is 2.61. The first-order chi connectivity index (χ1) is 10.1. The molecule has 0 unspecified atom stereocenters. The van der Waals surface area contributed by atoms with Gasteiger partial charge in [0.2, 0.25) is 0 Å². The molecule has 3 N–H and O–H groups in total. The van der Waals surface area contributed by atoms with Crippen molar-refractivity contribution in [2.45, 2.75) is 19.8 Å². The van der Waals surface area contributed by atoms with Gasteiger partial charge in [-0.3, -0.25) is 5.41 Å². The molecular weight excluding hydrogens is 282 g/mol. The zero-order valence-electron chi connectivity index (χ0n) is 12.0. The molecule has 21 heavy (non-hydrogen) atoms. The molecule has 0 bridgehead atoms. The highest BCUT2D eigenvalue weighted by atomic mass is 35.5. The summed E-state index contributed by atoms with van der Waals surface area (Å²) >= 11 is 6.41. The van der Waals surface area contributed by atoms with Gasteiger partial charge in [0.25, 0.3) is 0 Å². The molecule has 4 heteroatoms. The lowest BCUT2D eigenvalue weighted by Crippen LogP contribution is -2.25. The fourth-order valence-electron chi connectivity index (χ4n) is 2.87. The summed E-state index contributed by atoms with van der Waals surface area (Å²) in [7, 11) is 0. The van der Waals surface area contributed by atoms with E-state index in [2.05, 4.69) is 30.0 Å². The molecule has 1 aliphatic rings. The van der Waals surface area contributed by atoms with Gasteiger partial charge >= 0.3 is 0 Å². The number of anilines is 2. The highest BCUT2D eigenvalue weighted by molar-refractivity contribution is 6.33. The Morgan fingerprint density at radius 3 is 2.67 bits per heavy atom. The molecule has 108 valence electrons. The molecule has 0 atom stereocenters. The zero-order chi connectivity index (χ0) is 15.0. The lowest BCUT2D eigenvalue weighted by Gasteiger charge is -2.32. The molecule has 0 spiro atoms. The number of nitrogens with two attached hydrogens (primary N) is 1. The number of hydrogen-bond donors (Lipinski definition) is 2. The number of halogens is 1. The lowest BCUT2D eigenvalue weighted by atomic mass is 9.99. The number of nitrogens with zero attached hydrogens (tertiary/aromatic N) is 1. The van der Waals surface area contributed by atoms with Gasteiger partial charge in [0, 0.05) is 17.8 Å². The predicted octanol–water partition coefficient (Wildman–Crippen LogP) is 4.02. The minimum atomic E-state index is 0.0399. The van der Waals surface area contributed by atoms with E-state index >= 15 is 0 Å². The van der Waals surface area contributed by atoms with Crippen molar-refractivity contribution < 1.29 is 0 Å². The summed E-state index contributed by atoms with van der Waals surface area (Å²) in [5.74, 6) is 0.0399. The Balaban J connectivity index is 2.05. The molecule has 0 radical (unpaired) electrons. The van der Waals surface area contributed by atoms with Crippen LogP contribution in [0.2, 0.25) is 5.02 Å². The number of amidine groups is 1. The smallest absolute Gasteiger partial charge is 0.122 e. The summed E-state index contributed by atoms with van der Waals surface area (Å²) in [6, 6.07) is 12.1. The predicted molar refractivity (Wildman–Crippen MR) is 89.0 cm³/mol. The summed E-state index contributed by atoms with van der Waals surface area (Å²) in [5.41, 5.74) is 11.0. The van der Waals surface area contributed by atoms with Gasteiger partial charge in [-0.2, -0.15) is 0 Å². The number of rotatable bonds is 2. The molecule has 0 aromatic heterocycles. The van der Waals surface area contributed by atoms with Crippen LogP contribution in [0, 0.1) is 12.3 Å². The van der Waals surface area contributed by atoms with Gasteiger partial charge in [0.05, 0.1) is 10.7 Å². The van der Waals surface area contributed by atoms with Crippen LogP contribution in [-0.4, -0.2) is 12.4 Å². The fraction of sp³-hybridized carbons (Fsp3) is 0.235. The van der Waals surface area contributed by atoms with Crippen LogP contribution in [0.4, 0.5) is 11.4 Å². The van der Waals surface area contributed by atoms with Gasteiger partial charge in [-0.1, -0.05) is 29.3 Å². The first-order valence-electron chi connectivity index (χ1n) is 7.07. The van der Waals surface area contributed by atoms with Gasteiger partial charge in [-0.25, -0.2) is 0 Å². The maximum absolute atomic E-state index is 7.49. The van der Waals surface area contributed by atoms with Crippen molar-refractivity contribution in [1.29, 1.82) is 5.41 Å². The lowest BCUT2D eigenvalue weighted by molar-refractivity contribution is 0.766. The number of aryl methyl sites for hydroxylation is 2. The van der Waals surface area contributed by atoms with Crippen LogP contribution in [0.15, 0.2) is 36.4 Å². The maximum atomic E-state index is 7.49. The number of benzene rings is 2. The van der Waals surface area contributed by atoms with Crippen LogP contribution in [0.1, 0.15) is 23.1 Å². The van der Waals surface area contributed by atoms with E-state index < -0.39 is 0 Å². The van der Waals surface area contributed by atoms with Crippen molar-refractivity contribution >= 4 is 28.8 Å². The van der Waals surface area contributed by atoms with Crippen LogP contribution in [0.3, 0.4) is 0 Å². The SMILES string of the molecule is Cc1ccc2c(c1)CCCN2c1ccc(C(=N)N)cc1Cl. The molecule has 0 saturated carbocycles. The van der Waals surface area contributed by atoms with E-state index in [9.17, 15) is 0 Å². The average Bonchev–Trinajstić information content (AvgIpc) is 2.46. The molecule has 3 nitrogen and oxygen atoms in total. The van der Waals surface area contributed by atoms with Gasteiger partial charge in [-0.15, -0.1) is 0 Å². The van der Waals surface area contributed by atoms with E-state index in [1.165, 1.54) is 16.8 Å². The van der Waals surface area contributed by atoms with Gasteiger partial charge < -0.3 is 10.6 Å². The van der Waals surface area contributed by atoms with Crippen molar-refractivity contribution in [2.75, 3.05) is 11.4 Å². The minimum absolute atomic E-state index is 0.0399. The van der Waals surface area contributed by atoms with Gasteiger partial charge in [0.15, 0.2) is 0 Å². The Morgan fingerprint density at radius 2 is 1.95 bits per heavy atom. The first kappa shape index (κ1) is 14.0. The van der Waals surface area contributed by atoms with Crippen LogP contribution >= 0.6 is 11.6 Å². The normalized spacial score (nSPS) is 13.9. The second-order valence-corrected chi connectivity index (χ2v) is 5.87. The third-order valence-corrected chi connectivity index (χ3v) is 4.21. The molecule has 0 fully saturated rings. The van der Waals surface area contributed by atoms with Crippen molar-refractivity contribution in [1.82, 2.24) is 0 Å². The molecule has 0 aliphatic carbocycles. The summed E-state index contributed by atoms with van der Waals surface area (Å²) in [4.78, 5) is 2.25. The Hall–Kier alpha value is -2.00.